The Bertz CT molecular complexity index is 367. The minimum Gasteiger partial charge on any atom is -0.376 e. The zero-order chi connectivity index (χ0) is 13.5. The van der Waals surface area contributed by atoms with E-state index in [-0.39, 0.29) is 0 Å². The third kappa shape index (κ3) is 4.88. The number of nitrogens with zero attached hydrogens (tertiary/aromatic N) is 1. The molecule has 0 saturated carbocycles. The van der Waals surface area contributed by atoms with Gasteiger partial charge in [-0.1, -0.05) is 13.8 Å². The summed E-state index contributed by atoms with van der Waals surface area (Å²) in [5.41, 5.74) is 0. The van der Waals surface area contributed by atoms with Gasteiger partial charge in [0.2, 0.25) is 0 Å². The Hall–Kier alpha value is -0.420. The van der Waals surface area contributed by atoms with E-state index >= 15 is 0 Å². The first-order valence-electron chi connectivity index (χ1n) is 7.44. The topological polar surface area (TPSA) is 24.5 Å². The summed E-state index contributed by atoms with van der Waals surface area (Å²) in [4.78, 5) is 5.45. The van der Waals surface area contributed by atoms with Gasteiger partial charge in [0.05, 0.1) is 12.7 Å². The molecule has 0 bridgehead atoms. The molecule has 1 N–H and O–H groups in total. The molecule has 2 rings (SSSR count). The average molecular weight is 282 g/mol. The van der Waals surface area contributed by atoms with Crippen molar-refractivity contribution in [3.8, 4) is 0 Å². The molecule has 4 heteroatoms. The van der Waals surface area contributed by atoms with Crippen LogP contribution in [0.1, 0.15) is 36.4 Å². The van der Waals surface area contributed by atoms with Gasteiger partial charge in [-0.3, -0.25) is 4.90 Å². The Kier molecular flexibility index (Phi) is 6.31. The van der Waals surface area contributed by atoms with Crippen LogP contribution in [-0.4, -0.2) is 37.2 Å². The lowest BCUT2D eigenvalue weighted by atomic mass is 10.2. The van der Waals surface area contributed by atoms with Crippen molar-refractivity contribution in [1.82, 2.24) is 10.2 Å². The van der Waals surface area contributed by atoms with Crippen LogP contribution in [0.3, 0.4) is 0 Å². The molecule has 1 aromatic rings. The molecular weight excluding hydrogens is 256 g/mol. The maximum atomic E-state index is 5.72. The van der Waals surface area contributed by atoms with Gasteiger partial charge in [-0.25, -0.2) is 0 Å². The van der Waals surface area contributed by atoms with E-state index < -0.39 is 0 Å². The second kappa shape index (κ2) is 8.00. The normalized spacial score (nSPS) is 20.8. The van der Waals surface area contributed by atoms with Crippen LogP contribution in [0.5, 0.6) is 0 Å². The van der Waals surface area contributed by atoms with Crippen LogP contribution in [0, 0.1) is 0 Å². The second-order valence-corrected chi connectivity index (χ2v) is 6.43. The molecule has 0 spiro atoms. The van der Waals surface area contributed by atoms with Gasteiger partial charge in [-0.05, 0) is 31.5 Å². The lowest BCUT2D eigenvalue weighted by Gasteiger charge is -2.32. The summed E-state index contributed by atoms with van der Waals surface area (Å²) in [5, 5.41) is 3.46. The maximum Gasteiger partial charge on any atom is 0.0700 e. The lowest BCUT2D eigenvalue weighted by Crippen LogP contribution is -2.41. The molecular formula is C15H26N2OS. The fraction of sp³-hybridized carbons (Fsp3) is 0.733. The molecule has 0 aliphatic carbocycles. The van der Waals surface area contributed by atoms with E-state index in [1.165, 1.54) is 16.2 Å². The van der Waals surface area contributed by atoms with Gasteiger partial charge < -0.3 is 10.1 Å². The molecule has 1 aliphatic heterocycles. The first kappa shape index (κ1) is 15.0. The first-order valence-corrected chi connectivity index (χ1v) is 8.25. The number of thiophene rings is 1. The van der Waals surface area contributed by atoms with E-state index in [9.17, 15) is 0 Å². The summed E-state index contributed by atoms with van der Waals surface area (Å²) in [7, 11) is 0. The zero-order valence-corrected chi connectivity index (χ0v) is 13.0. The van der Waals surface area contributed by atoms with Crippen LogP contribution in [0.25, 0.3) is 0 Å². The van der Waals surface area contributed by atoms with E-state index in [0.29, 0.717) is 6.10 Å². The Labute approximate surface area is 121 Å². The molecule has 3 nitrogen and oxygen atoms in total. The van der Waals surface area contributed by atoms with Gasteiger partial charge in [0.1, 0.15) is 0 Å². The average Bonchev–Trinajstić information content (AvgIpc) is 2.87. The highest BCUT2D eigenvalue weighted by Gasteiger charge is 2.19. The molecule has 0 amide bonds. The van der Waals surface area contributed by atoms with E-state index in [2.05, 4.69) is 36.2 Å². The second-order valence-electron chi connectivity index (χ2n) is 5.18. The molecule has 19 heavy (non-hydrogen) atoms. The van der Waals surface area contributed by atoms with E-state index in [1.807, 2.05) is 11.3 Å². The van der Waals surface area contributed by atoms with Crippen LogP contribution < -0.4 is 5.32 Å². The predicted molar refractivity (Wildman–Crippen MR) is 81.6 cm³/mol. The third-order valence-corrected chi connectivity index (χ3v) is 4.57. The van der Waals surface area contributed by atoms with Crippen molar-refractivity contribution < 1.29 is 4.74 Å². The largest absolute Gasteiger partial charge is 0.376 e. The standard InChI is InChI=1S/C15H26N2OS/c1-3-7-16-10-14-5-6-15(19-14)12-17-8-9-18-13(4-2)11-17/h5-6,13,16H,3-4,7-12H2,1-2H3. The summed E-state index contributed by atoms with van der Waals surface area (Å²) in [6.07, 6.45) is 2.75. The van der Waals surface area contributed by atoms with Gasteiger partial charge in [-0.15, -0.1) is 11.3 Å². The van der Waals surface area contributed by atoms with Crippen molar-refractivity contribution >= 4 is 11.3 Å². The molecule has 0 radical (unpaired) electrons. The van der Waals surface area contributed by atoms with Crippen LogP contribution in [0.15, 0.2) is 12.1 Å². The highest BCUT2D eigenvalue weighted by molar-refractivity contribution is 7.11. The molecule has 1 fully saturated rings. The number of hydrogen-bond acceptors (Lipinski definition) is 4. The van der Waals surface area contributed by atoms with E-state index in [1.54, 1.807) is 0 Å². The van der Waals surface area contributed by atoms with Crippen LogP contribution in [-0.2, 0) is 17.8 Å². The van der Waals surface area contributed by atoms with Gasteiger partial charge in [-0.2, -0.15) is 0 Å². The van der Waals surface area contributed by atoms with Crippen LogP contribution in [0.4, 0.5) is 0 Å². The number of ether oxygens (including phenoxy) is 1. The Morgan fingerprint density at radius 3 is 3.00 bits per heavy atom. The van der Waals surface area contributed by atoms with E-state index in [0.717, 1.165) is 45.8 Å². The molecule has 0 aromatic carbocycles. The third-order valence-electron chi connectivity index (χ3n) is 3.50. The number of nitrogens with one attached hydrogen (secondary N) is 1. The fourth-order valence-electron chi connectivity index (χ4n) is 2.38. The van der Waals surface area contributed by atoms with Gasteiger partial charge >= 0.3 is 0 Å². The number of hydrogen-bond donors (Lipinski definition) is 1. The first-order chi connectivity index (χ1) is 9.31. The quantitative estimate of drug-likeness (QED) is 0.778. The minimum absolute atomic E-state index is 0.430. The van der Waals surface area contributed by atoms with Gasteiger partial charge in [0.25, 0.3) is 0 Å². The minimum atomic E-state index is 0.430. The molecule has 1 aliphatic rings. The highest BCUT2D eigenvalue weighted by Crippen LogP contribution is 2.20. The number of rotatable bonds is 7. The molecule has 2 heterocycles. The Morgan fingerprint density at radius 1 is 1.37 bits per heavy atom. The SMILES string of the molecule is CCCNCc1ccc(CN2CCOC(CC)C2)s1. The molecule has 1 unspecified atom stereocenters. The molecule has 1 atom stereocenters. The monoisotopic (exact) mass is 282 g/mol. The van der Waals surface area contributed by atoms with E-state index in [4.69, 9.17) is 4.74 Å². The highest BCUT2D eigenvalue weighted by atomic mass is 32.1. The van der Waals surface area contributed by atoms with Gasteiger partial charge in [0.15, 0.2) is 0 Å². The van der Waals surface area contributed by atoms with Crippen molar-refractivity contribution in [2.24, 2.45) is 0 Å². The summed E-state index contributed by atoms with van der Waals surface area (Å²) >= 11 is 1.94. The van der Waals surface area contributed by atoms with Crippen LogP contribution in [0.2, 0.25) is 0 Å². The lowest BCUT2D eigenvalue weighted by molar-refractivity contribution is -0.0321. The summed E-state index contributed by atoms with van der Waals surface area (Å²) in [6, 6.07) is 4.55. The zero-order valence-electron chi connectivity index (χ0n) is 12.2. The molecule has 1 aromatic heterocycles. The molecule has 1 saturated heterocycles. The van der Waals surface area contributed by atoms with Crippen molar-refractivity contribution in [1.29, 1.82) is 0 Å². The van der Waals surface area contributed by atoms with Crippen LogP contribution >= 0.6 is 11.3 Å². The van der Waals surface area contributed by atoms with Gasteiger partial charge in [0, 0.05) is 35.9 Å². The predicted octanol–water partition coefficient (Wildman–Crippen LogP) is 2.86. The number of morpholine rings is 1. The van der Waals surface area contributed by atoms with Crippen molar-refractivity contribution in [2.45, 2.75) is 45.9 Å². The summed E-state index contributed by atoms with van der Waals surface area (Å²) < 4.78 is 5.72. The Balaban J connectivity index is 1.78. The smallest absolute Gasteiger partial charge is 0.0700 e. The molecule has 108 valence electrons. The maximum absolute atomic E-state index is 5.72. The van der Waals surface area contributed by atoms with Crippen molar-refractivity contribution in [3.05, 3.63) is 21.9 Å². The fourth-order valence-corrected chi connectivity index (χ4v) is 3.41. The van der Waals surface area contributed by atoms with Crippen molar-refractivity contribution in [3.63, 3.8) is 0 Å². The summed E-state index contributed by atoms with van der Waals surface area (Å²) in [6.45, 7) is 10.6. The summed E-state index contributed by atoms with van der Waals surface area (Å²) in [5.74, 6) is 0. The van der Waals surface area contributed by atoms with Crippen molar-refractivity contribution in [2.75, 3.05) is 26.2 Å². The Morgan fingerprint density at radius 2 is 2.21 bits per heavy atom.